The molecule has 2 rings (SSSR count). The monoisotopic (exact) mass is 379 g/mol. The molecular formula is C17H21N3O5S. The van der Waals surface area contributed by atoms with Crippen molar-refractivity contribution in [3.8, 4) is 11.5 Å². The zero-order valence-corrected chi connectivity index (χ0v) is 15.4. The Hall–Kier alpha value is -2.65. The maximum Gasteiger partial charge on any atom is 0.251 e. The number of aromatic nitrogens is 1. The highest BCUT2D eigenvalue weighted by molar-refractivity contribution is 7.89. The molecule has 0 unspecified atom stereocenters. The largest absolute Gasteiger partial charge is 0.493 e. The van der Waals surface area contributed by atoms with Gasteiger partial charge < -0.3 is 14.8 Å². The van der Waals surface area contributed by atoms with E-state index in [4.69, 9.17) is 9.47 Å². The van der Waals surface area contributed by atoms with E-state index in [1.54, 1.807) is 36.7 Å². The fourth-order valence-corrected chi connectivity index (χ4v) is 3.05. The second kappa shape index (κ2) is 9.16. The van der Waals surface area contributed by atoms with E-state index < -0.39 is 15.9 Å². The molecule has 0 atom stereocenters. The number of rotatable bonds is 9. The normalized spacial score (nSPS) is 11.0. The number of hydrogen-bond acceptors (Lipinski definition) is 6. The van der Waals surface area contributed by atoms with Gasteiger partial charge in [0.2, 0.25) is 10.0 Å². The van der Waals surface area contributed by atoms with E-state index >= 15 is 0 Å². The molecule has 1 heterocycles. The van der Waals surface area contributed by atoms with Gasteiger partial charge in [-0.05, 0) is 29.8 Å². The van der Waals surface area contributed by atoms with E-state index in [1.807, 2.05) is 0 Å². The third-order valence-electron chi connectivity index (χ3n) is 3.52. The van der Waals surface area contributed by atoms with Crippen molar-refractivity contribution >= 4 is 15.9 Å². The van der Waals surface area contributed by atoms with Gasteiger partial charge in [0, 0.05) is 31.0 Å². The van der Waals surface area contributed by atoms with Crippen molar-refractivity contribution in [3.05, 3.63) is 53.9 Å². The molecule has 0 bridgehead atoms. The number of ether oxygens (including phenoxy) is 2. The van der Waals surface area contributed by atoms with Crippen LogP contribution in [0, 0.1) is 0 Å². The third-order valence-corrected chi connectivity index (χ3v) is 4.85. The molecule has 26 heavy (non-hydrogen) atoms. The third kappa shape index (κ3) is 5.71. The molecular weight excluding hydrogens is 358 g/mol. The number of nitrogens with zero attached hydrogens (tertiary/aromatic N) is 1. The molecule has 0 aliphatic carbocycles. The number of amides is 1. The first kappa shape index (κ1) is 19.7. The Morgan fingerprint density at radius 2 is 1.92 bits per heavy atom. The van der Waals surface area contributed by atoms with E-state index in [2.05, 4.69) is 15.0 Å². The molecule has 0 spiro atoms. The summed E-state index contributed by atoms with van der Waals surface area (Å²) in [5, 5.41) is 2.58. The summed E-state index contributed by atoms with van der Waals surface area (Å²) >= 11 is 0. The van der Waals surface area contributed by atoms with E-state index in [1.165, 1.54) is 20.3 Å². The molecule has 0 radical (unpaired) electrons. The van der Waals surface area contributed by atoms with Crippen LogP contribution in [0.25, 0.3) is 0 Å². The molecule has 9 heteroatoms. The standard InChI is InChI=1S/C17H21N3O5S/c1-24-15-6-5-14(10-16(15)25-2)17(21)19-8-9-26(22,23)20-12-13-4-3-7-18-11-13/h3-7,10-11,20H,8-9,12H2,1-2H3,(H,19,21). The summed E-state index contributed by atoms with van der Waals surface area (Å²) in [5.74, 6) is 0.303. The molecule has 0 fully saturated rings. The highest BCUT2D eigenvalue weighted by Gasteiger charge is 2.13. The van der Waals surface area contributed by atoms with Gasteiger partial charge in [-0.15, -0.1) is 0 Å². The summed E-state index contributed by atoms with van der Waals surface area (Å²) in [7, 11) is -0.545. The van der Waals surface area contributed by atoms with Crippen molar-refractivity contribution in [2.45, 2.75) is 6.54 Å². The van der Waals surface area contributed by atoms with E-state index in [-0.39, 0.29) is 18.8 Å². The van der Waals surface area contributed by atoms with E-state index in [9.17, 15) is 13.2 Å². The van der Waals surface area contributed by atoms with Crippen LogP contribution in [0.2, 0.25) is 0 Å². The van der Waals surface area contributed by atoms with Crippen molar-refractivity contribution in [2.24, 2.45) is 0 Å². The molecule has 1 aromatic carbocycles. The summed E-state index contributed by atoms with van der Waals surface area (Å²) < 4.78 is 36.7. The van der Waals surface area contributed by atoms with Crippen LogP contribution in [0.15, 0.2) is 42.7 Å². The van der Waals surface area contributed by atoms with Gasteiger partial charge in [-0.2, -0.15) is 0 Å². The Kier molecular flexibility index (Phi) is 6.93. The first-order valence-corrected chi connectivity index (χ1v) is 9.47. The first-order valence-electron chi connectivity index (χ1n) is 7.81. The molecule has 2 aromatic rings. The fourth-order valence-electron chi connectivity index (χ4n) is 2.15. The fraction of sp³-hybridized carbons (Fsp3) is 0.294. The van der Waals surface area contributed by atoms with Gasteiger partial charge in [-0.3, -0.25) is 9.78 Å². The smallest absolute Gasteiger partial charge is 0.251 e. The van der Waals surface area contributed by atoms with Crippen LogP contribution in [0.5, 0.6) is 11.5 Å². The summed E-state index contributed by atoms with van der Waals surface area (Å²) in [6, 6.07) is 8.22. The lowest BCUT2D eigenvalue weighted by molar-refractivity contribution is 0.0955. The maximum absolute atomic E-state index is 12.1. The van der Waals surface area contributed by atoms with Gasteiger partial charge in [-0.1, -0.05) is 6.07 Å². The highest BCUT2D eigenvalue weighted by atomic mass is 32.2. The Bertz CT molecular complexity index is 841. The average Bonchev–Trinajstić information content (AvgIpc) is 2.66. The summed E-state index contributed by atoms with van der Waals surface area (Å²) in [5.41, 5.74) is 1.11. The molecule has 140 valence electrons. The van der Waals surface area contributed by atoms with E-state index in [0.29, 0.717) is 17.1 Å². The van der Waals surface area contributed by atoms with Crippen molar-refractivity contribution in [3.63, 3.8) is 0 Å². The zero-order valence-electron chi connectivity index (χ0n) is 14.6. The molecule has 0 aliphatic heterocycles. The minimum absolute atomic E-state index is 0.0183. The second-order valence-electron chi connectivity index (χ2n) is 5.33. The number of carbonyl (C=O) groups is 1. The molecule has 1 aromatic heterocycles. The number of methoxy groups -OCH3 is 2. The van der Waals surface area contributed by atoms with Crippen LogP contribution in [0.3, 0.4) is 0 Å². The number of pyridine rings is 1. The van der Waals surface area contributed by atoms with Gasteiger partial charge in [0.05, 0.1) is 20.0 Å². The predicted molar refractivity (Wildman–Crippen MR) is 96.7 cm³/mol. The van der Waals surface area contributed by atoms with Crippen LogP contribution in [-0.4, -0.2) is 45.8 Å². The minimum Gasteiger partial charge on any atom is -0.493 e. The quantitative estimate of drug-likeness (QED) is 0.672. The van der Waals surface area contributed by atoms with Crippen molar-refractivity contribution in [1.82, 2.24) is 15.0 Å². The lowest BCUT2D eigenvalue weighted by Crippen LogP contribution is -2.34. The van der Waals surface area contributed by atoms with Crippen LogP contribution in [-0.2, 0) is 16.6 Å². The second-order valence-corrected chi connectivity index (χ2v) is 7.25. The van der Waals surface area contributed by atoms with Gasteiger partial charge in [0.25, 0.3) is 5.91 Å². The van der Waals surface area contributed by atoms with Crippen molar-refractivity contribution < 1.29 is 22.7 Å². The maximum atomic E-state index is 12.1. The molecule has 0 saturated heterocycles. The van der Waals surface area contributed by atoms with Gasteiger partial charge in [0.15, 0.2) is 11.5 Å². The first-order chi connectivity index (χ1) is 12.4. The van der Waals surface area contributed by atoms with Gasteiger partial charge >= 0.3 is 0 Å². The molecule has 8 nitrogen and oxygen atoms in total. The average molecular weight is 379 g/mol. The lowest BCUT2D eigenvalue weighted by atomic mass is 10.2. The van der Waals surface area contributed by atoms with Crippen LogP contribution >= 0.6 is 0 Å². The zero-order chi connectivity index (χ0) is 19.0. The summed E-state index contributed by atoms with van der Waals surface area (Å²) in [6.07, 6.45) is 3.20. The van der Waals surface area contributed by atoms with Crippen molar-refractivity contribution in [2.75, 3.05) is 26.5 Å². The number of hydrogen-bond donors (Lipinski definition) is 2. The lowest BCUT2D eigenvalue weighted by Gasteiger charge is -2.10. The summed E-state index contributed by atoms with van der Waals surface area (Å²) in [4.78, 5) is 16.1. The van der Waals surface area contributed by atoms with E-state index in [0.717, 1.165) is 5.56 Å². The number of sulfonamides is 1. The number of benzene rings is 1. The number of carbonyl (C=O) groups excluding carboxylic acids is 1. The topological polar surface area (TPSA) is 107 Å². The Labute approximate surface area is 152 Å². The summed E-state index contributed by atoms with van der Waals surface area (Å²) in [6.45, 7) is 0.134. The predicted octanol–water partition coefficient (Wildman–Crippen LogP) is 0.948. The van der Waals surface area contributed by atoms with Gasteiger partial charge in [0.1, 0.15) is 0 Å². The SMILES string of the molecule is COc1ccc(C(=O)NCCS(=O)(=O)NCc2cccnc2)cc1OC. The molecule has 2 N–H and O–H groups in total. The van der Waals surface area contributed by atoms with Gasteiger partial charge in [-0.25, -0.2) is 13.1 Å². The number of nitrogens with one attached hydrogen (secondary N) is 2. The van der Waals surface area contributed by atoms with Crippen LogP contribution in [0.1, 0.15) is 15.9 Å². The van der Waals surface area contributed by atoms with Crippen LogP contribution in [0.4, 0.5) is 0 Å². The minimum atomic E-state index is -3.52. The molecule has 0 aliphatic rings. The Morgan fingerprint density at radius 1 is 1.15 bits per heavy atom. The highest BCUT2D eigenvalue weighted by Crippen LogP contribution is 2.27. The Morgan fingerprint density at radius 3 is 2.58 bits per heavy atom. The van der Waals surface area contributed by atoms with Crippen molar-refractivity contribution in [1.29, 1.82) is 0 Å². The molecule has 0 saturated carbocycles. The Balaban J connectivity index is 1.85. The molecule has 1 amide bonds. The van der Waals surface area contributed by atoms with Crippen LogP contribution < -0.4 is 19.5 Å².